The van der Waals surface area contributed by atoms with Crippen molar-refractivity contribution in [2.45, 2.75) is 20.4 Å². The lowest BCUT2D eigenvalue weighted by Crippen LogP contribution is -2.31. The monoisotopic (exact) mass is 513 g/mol. The maximum atomic E-state index is 13.3. The van der Waals surface area contributed by atoms with Crippen molar-refractivity contribution in [3.63, 3.8) is 0 Å². The van der Waals surface area contributed by atoms with Crippen molar-refractivity contribution >= 4 is 61.7 Å². The first-order valence-electron chi connectivity index (χ1n) is 9.73. The molecule has 1 amide bonds. The summed E-state index contributed by atoms with van der Waals surface area (Å²) in [6, 6.07) is 18.6. The van der Waals surface area contributed by atoms with Gasteiger partial charge in [-0.1, -0.05) is 18.2 Å². The van der Waals surface area contributed by atoms with E-state index in [2.05, 4.69) is 23.6 Å². The van der Waals surface area contributed by atoms with Gasteiger partial charge in [-0.2, -0.15) is 0 Å². The Kier molecular flexibility index (Phi) is 5.46. The molecule has 152 valence electrons. The van der Waals surface area contributed by atoms with Gasteiger partial charge in [-0.05, 0) is 66.8 Å². The number of para-hydroxylation sites is 1. The molecule has 7 heteroatoms. The fourth-order valence-corrected chi connectivity index (χ4v) is 4.50. The number of nitro benzene ring substituents is 1. The summed E-state index contributed by atoms with van der Waals surface area (Å²) in [4.78, 5) is 25.7. The number of hydrogen-bond acceptors (Lipinski definition) is 3. The molecule has 0 N–H and O–H groups in total. The van der Waals surface area contributed by atoms with Crippen LogP contribution in [0.3, 0.4) is 0 Å². The Hall–Kier alpha value is -2.94. The van der Waals surface area contributed by atoms with E-state index in [4.69, 9.17) is 0 Å². The molecule has 0 unspecified atom stereocenters. The molecule has 0 atom stereocenters. The van der Waals surface area contributed by atoms with Gasteiger partial charge in [0.25, 0.3) is 11.6 Å². The molecule has 30 heavy (non-hydrogen) atoms. The molecule has 0 aliphatic carbocycles. The average molecular weight is 513 g/mol. The van der Waals surface area contributed by atoms with E-state index in [1.54, 1.807) is 11.0 Å². The summed E-state index contributed by atoms with van der Waals surface area (Å²) in [5.41, 5.74) is 3.31. The molecule has 0 spiro atoms. The van der Waals surface area contributed by atoms with Crippen LogP contribution in [-0.2, 0) is 6.54 Å². The van der Waals surface area contributed by atoms with Gasteiger partial charge < -0.3 is 9.47 Å². The summed E-state index contributed by atoms with van der Waals surface area (Å²) in [5.74, 6) is -0.246. The Morgan fingerprint density at radius 1 is 1.03 bits per heavy atom. The maximum absolute atomic E-state index is 13.3. The van der Waals surface area contributed by atoms with Crippen molar-refractivity contribution < 1.29 is 9.72 Å². The summed E-state index contributed by atoms with van der Waals surface area (Å²) >= 11 is 2.05. The number of non-ortho nitro benzene ring substituents is 1. The summed E-state index contributed by atoms with van der Waals surface area (Å²) in [5, 5.41) is 13.4. The third kappa shape index (κ3) is 3.32. The number of carbonyl (C=O) groups excluding carboxylic acids is 1. The second-order valence-corrected chi connectivity index (χ2v) is 8.10. The smallest absolute Gasteiger partial charge is 0.270 e. The van der Waals surface area contributed by atoms with Gasteiger partial charge in [-0.15, -0.1) is 0 Å². The van der Waals surface area contributed by atoms with Crippen molar-refractivity contribution in [1.82, 2.24) is 4.57 Å². The van der Waals surface area contributed by atoms with Crippen LogP contribution in [0.15, 0.2) is 60.7 Å². The number of amides is 1. The standard InChI is InChI=1S/C23H20IN3O3/c1-3-25(23(28)19-14-16(27(29)30)9-11-20(19)24)15-10-12-22-18(13-15)17-7-5-6-8-21(17)26(22)4-2/h5-14H,3-4H2,1-2H3. The van der Waals surface area contributed by atoms with Gasteiger partial charge in [-0.25, -0.2) is 0 Å². The topological polar surface area (TPSA) is 68.4 Å². The van der Waals surface area contributed by atoms with E-state index in [1.165, 1.54) is 12.1 Å². The number of aromatic nitrogens is 1. The molecule has 0 aliphatic rings. The molecule has 0 radical (unpaired) electrons. The minimum atomic E-state index is -0.477. The predicted molar refractivity (Wildman–Crippen MR) is 128 cm³/mol. The van der Waals surface area contributed by atoms with E-state index < -0.39 is 4.92 Å². The number of benzene rings is 3. The summed E-state index contributed by atoms with van der Waals surface area (Å²) in [7, 11) is 0. The van der Waals surface area contributed by atoms with Crippen LogP contribution in [0.1, 0.15) is 24.2 Å². The summed E-state index contributed by atoms with van der Waals surface area (Å²) < 4.78 is 2.95. The molecule has 1 aromatic heterocycles. The second kappa shape index (κ2) is 8.06. The van der Waals surface area contributed by atoms with E-state index in [1.807, 2.05) is 59.8 Å². The lowest BCUT2D eigenvalue weighted by molar-refractivity contribution is -0.384. The predicted octanol–water partition coefficient (Wildman–Crippen LogP) is 5.99. The Morgan fingerprint density at radius 2 is 1.77 bits per heavy atom. The SMILES string of the molecule is CCN(C(=O)c1cc([N+](=O)[O-])ccc1I)c1ccc2c(c1)c1ccccc1n2CC. The van der Waals surface area contributed by atoms with E-state index in [0.717, 1.165) is 34.0 Å². The van der Waals surface area contributed by atoms with Crippen LogP contribution in [0.2, 0.25) is 0 Å². The van der Waals surface area contributed by atoms with E-state index in [-0.39, 0.29) is 11.6 Å². The molecule has 4 aromatic rings. The van der Waals surface area contributed by atoms with Gasteiger partial charge >= 0.3 is 0 Å². The van der Waals surface area contributed by atoms with Crippen molar-refractivity contribution in [2.24, 2.45) is 0 Å². The molecule has 0 bridgehead atoms. The van der Waals surface area contributed by atoms with Crippen LogP contribution < -0.4 is 4.90 Å². The molecule has 6 nitrogen and oxygen atoms in total. The first-order chi connectivity index (χ1) is 14.5. The van der Waals surface area contributed by atoms with Gasteiger partial charge in [0.05, 0.1) is 10.5 Å². The molecule has 1 heterocycles. The lowest BCUT2D eigenvalue weighted by atomic mass is 10.1. The van der Waals surface area contributed by atoms with Crippen LogP contribution in [-0.4, -0.2) is 21.9 Å². The van der Waals surface area contributed by atoms with Crippen LogP contribution in [0.4, 0.5) is 11.4 Å². The number of nitro groups is 1. The van der Waals surface area contributed by atoms with Crippen LogP contribution in [0, 0.1) is 13.7 Å². The largest absolute Gasteiger partial charge is 0.341 e. The highest BCUT2D eigenvalue weighted by Crippen LogP contribution is 2.33. The van der Waals surface area contributed by atoms with Crippen LogP contribution in [0.5, 0.6) is 0 Å². The molecule has 0 fully saturated rings. The summed E-state index contributed by atoms with van der Waals surface area (Å²) in [6.45, 7) is 5.33. The summed E-state index contributed by atoms with van der Waals surface area (Å²) in [6.07, 6.45) is 0. The third-order valence-corrected chi connectivity index (χ3v) is 6.28. The van der Waals surface area contributed by atoms with Gasteiger partial charge in [0, 0.05) is 56.3 Å². The number of halogens is 1. The molecule has 0 saturated carbocycles. The first kappa shape index (κ1) is 20.3. The molecule has 3 aromatic carbocycles. The molecular weight excluding hydrogens is 493 g/mol. The zero-order valence-corrected chi connectivity index (χ0v) is 18.8. The lowest BCUT2D eigenvalue weighted by Gasteiger charge is -2.22. The second-order valence-electron chi connectivity index (χ2n) is 6.93. The third-order valence-electron chi connectivity index (χ3n) is 5.34. The highest BCUT2D eigenvalue weighted by Gasteiger charge is 2.22. The fraction of sp³-hybridized carbons (Fsp3) is 0.174. The van der Waals surface area contributed by atoms with Crippen molar-refractivity contribution in [1.29, 1.82) is 0 Å². The fourth-order valence-electron chi connectivity index (χ4n) is 3.93. The number of anilines is 1. The number of nitrogens with zero attached hydrogens (tertiary/aromatic N) is 3. The van der Waals surface area contributed by atoms with Crippen molar-refractivity contribution in [3.05, 3.63) is 79.9 Å². The number of carbonyl (C=O) groups is 1. The minimum Gasteiger partial charge on any atom is -0.341 e. The Balaban J connectivity index is 1.84. The normalized spacial score (nSPS) is 11.2. The van der Waals surface area contributed by atoms with E-state index in [0.29, 0.717) is 15.7 Å². The van der Waals surface area contributed by atoms with Gasteiger partial charge in [-0.3, -0.25) is 14.9 Å². The van der Waals surface area contributed by atoms with E-state index >= 15 is 0 Å². The highest BCUT2D eigenvalue weighted by molar-refractivity contribution is 14.1. The number of fused-ring (bicyclic) bond motifs is 3. The van der Waals surface area contributed by atoms with Gasteiger partial charge in [0.15, 0.2) is 0 Å². The molecule has 0 saturated heterocycles. The first-order valence-corrected chi connectivity index (χ1v) is 10.8. The number of aryl methyl sites for hydroxylation is 1. The maximum Gasteiger partial charge on any atom is 0.270 e. The zero-order valence-electron chi connectivity index (χ0n) is 16.6. The van der Waals surface area contributed by atoms with Gasteiger partial charge in [0.1, 0.15) is 0 Å². The van der Waals surface area contributed by atoms with E-state index in [9.17, 15) is 14.9 Å². The average Bonchev–Trinajstić information content (AvgIpc) is 3.07. The number of rotatable bonds is 5. The van der Waals surface area contributed by atoms with Crippen molar-refractivity contribution in [3.8, 4) is 0 Å². The van der Waals surface area contributed by atoms with Crippen molar-refractivity contribution in [2.75, 3.05) is 11.4 Å². The Morgan fingerprint density at radius 3 is 2.47 bits per heavy atom. The Bertz CT molecular complexity index is 1300. The quantitative estimate of drug-likeness (QED) is 0.187. The highest BCUT2D eigenvalue weighted by atomic mass is 127. The molecular formula is C23H20IN3O3. The van der Waals surface area contributed by atoms with Crippen LogP contribution >= 0.6 is 22.6 Å². The zero-order chi connectivity index (χ0) is 21.4. The van der Waals surface area contributed by atoms with Crippen LogP contribution in [0.25, 0.3) is 21.8 Å². The number of hydrogen-bond donors (Lipinski definition) is 0. The molecule has 0 aliphatic heterocycles. The molecule has 4 rings (SSSR count). The minimum absolute atomic E-state index is 0.0868. The van der Waals surface area contributed by atoms with Gasteiger partial charge in [0.2, 0.25) is 0 Å². The Labute approximate surface area is 187 Å².